The fourth-order valence-corrected chi connectivity index (χ4v) is 7.39. The molecule has 2 aliphatic rings. The Morgan fingerprint density at radius 2 is 1.92 bits per heavy atom. The van der Waals surface area contributed by atoms with Crippen LogP contribution in [0.2, 0.25) is 0 Å². The van der Waals surface area contributed by atoms with Gasteiger partial charge in [-0.2, -0.15) is 19.3 Å². The van der Waals surface area contributed by atoms with E-state index >= 15 is 0 Å². The predicted octanol–water partition coefficient (Wildman–Crippen LogP) is 3.21. The molecule has 1 saturated heterocycles. The van der Waals surface area contributed by atoms with E-state index in [1.165, 1.54) is 23.1 Å². The van der Waals surface area contributed by atoms with Crippen molar-refractivity contribution in [2.75, 3.05) is 19.7 Å². The molecule has 1 aliphatic carbocycles. The Morgan fingerprint density at radius 3 is 2.59 bits per heavy atom. The van der Waals surface area contributed by atoms with Gasteiger partial charge in [-0.25, -0.2) is 17.5 Å². The first-order valence-corrected chi connectivity index (χ1v) is 13.8. The largest absolute Gasteiger partial charge is 0.378 e. The summed E-state index contributed by atoms with van der Waals surface area (Å²) >= 11 is 0. The fourth-order valence-electron chi connectivity index (χ4n) is 5.98. The fraction of sp³-hybridized carbons (Fsp3) is 0.423. The molecule has 1 aliphatic heterocycles. The summed E-state index contributed by atoms with van der Waals surface area (Å²) in [6.07, 6.45) is 3.19. The monoisotopic (exact) mass is 524 g/mol. The number of halogens is 1. The molecular weight excluding hydrogens is 495 g/mol. The van der Waals surface area contributed by atoms with Crippen molar-refractivity contribution in [1.29, 1.82) is 0 Å². The summed E-state index contributed by atoms with van der Waals surface area (Å²) in [4.78, 5) is 1.26. The van der Waals surface area contributed by atoms with Crippen LogP contribution in [0.25, 0.3) is 16.6 Å². The smallest absolute Gasteiger partial charge is 0.264 e. The second-order valence-corrected chi connectivity index (χ2v) is 12.2. The van der Waals surface area contributed by atoms with E-state index in [4.69, 9.17) is 4.74 Å². The minimum atomic E-state index is -3.76. The van der Waals surface area contributed by atoms with Crippen LogP contribution in [0, 0.1) is 24.6 Å². The minimum Gasteiger partial charge on any atom is -0.378 e. The van der Waals surface area contributed by atoms with Gasteiger partial charge in [0.15, 0.2) is 0 Å². The van der Waals surface area contributed by atoms with Crippen LogP contribution < -0.4 is 0 Å². The lowest BCUT2D eigenvalue weighted by Crippen LogP contribution is -2.36. The van der Waals surface area contributed by atoms with Crippen LogP contribution in [-0.4, -0.2) is 63.3 Å². The molecular formula is C26H29FN6O3S. The van der Waals surface area contributed by atoms with Gasteiger partial charge in [0.05, 0.1) is 36.3 Å². The average Bonchev–Trinajstić information content (AvgIpc) is 3.31. The molecule has 0 unspecified atom stereocenters. The lowest BCUT2D eigenvalue weighted by Gasteiger charge is -2.24. The van der Waals surface area contributed by atoms with Crippen LogP contribution in [0.5, 0.6) is 0 Å². The molecule has 11 heteroatoms. The lowest BCUT2D eigenvalue weighted by molar-refractivity contribution is 0.0615. The van der Waals surface area contributed by atoms with Crippen LogP contribution in [-0.2, 0) is 27.2 Å². The van der Waals surface area contributed by atoms with E-state index in [9.17, 15) is 12.8 Å². The molecule has 0 bridgehead atoms. The Morgan fingerprint density at radius 1 is 1.16 bits per heavy atom. The van der Waals surface area contributed by atoms with E-state index in [1.807, 2.05) is 13.8 Å². The van der Waals surface area contributed by atoms with Gasteiger partial charge in [-0.15, -0.1) is 5.10 Å². The Bertz CT molecular complexity index is 1600. The zero-order chi connectivity index (χ0) is 26.1. The number of nitrogens with zero attached hydrogens (tertiary/aromatic N) is 6. The van der Waals surface area contributed by atoms with Crippen LogP contribution in [0.3, 0.4) is 0 Å². The van der Waals surface area contributed by atoms with Crippen LogP contribution in [0.15, 0.2) is 53.8 Å². The summed E-state index contributed by atoms with van der Waals surface area (Å²) in [6.45, 7) is 7.43. The zero-order valence-electron chi connectivity index (χ0n) is 21.2. The van der Waals surface area contributed by atoms with Crippen molar-refractivity contribution >= 4 is 20.9 Å². The minimum absolute atomic E-state index is 0.0332. The number of sulfonamides is 1. The van der Waals surface area contributed by atoms with E-state index < -0.39 is 10.0 Å². The molecule has 2 aromatic carbocycles. The molecule has 9 nitrogen and oxygen atoms in total. The highest BCUT2D eigenvalue weighted by atomic mass is 32.2. The van der Waals surface area contributed by atoms with Crippen molar-refractivity contribution in [2.45, 2.75) is 37.3 Å². The first kappa shape index (κ1) is 24.2. The van der Waals surface area contributed by atoms with Crippen LogP contribution >= 0.6 is 0 Å². The first-order valence-electron chi connectivity index (χ1n) is 12.3. The highest BCUT2D eigenvalue weighted by molar-refractivity contribution is 7.89. The summed E-state index contributed by atoms with van der Waals surface area (Å²) in [5.74, 6) is 0.0573. The Balaban J connectivity index is 1.39. The number of aromatic nitrogens is 5. The Kier molecular flexibility index (Phi) is 5.52. The molecule has 194 valence electrons. The number of fused-ring (bicyclic) bond motifs is 2. The number of hydrogen-bond donors (Lipinski definition) is 0. The summed E-state index contributed by atoms with van der Waals surface area (Å²) in [5, 5.41) is 13.5. The molecule has 6 rings (SSSR count). The highest BCUT2D eigenvalue weighted by Gasteiger charge is 2.71. The number of aryl methyl sites for hydroxylation is 2. The lowest BCUT2D eigenvalue weighted by atomic mass is 9.88. The van der Waals surface area contributed by atoms with Crippen LogP contribution in [0.4, 0.5) is 4.39 Å². The second kappa shape index (κ2) is 8.44. The van der Waals surface area contributed by atoms with Crippen molar-refractivity contribution in [1.82, 2.24) is 29.1 Å². The quantitative estimate of drug-likeness (QED) is 0.369. The Labute approximate surface area is 214 Å². The van der Waals surface area contributed by atoms with Gasteiger partial charge in [0.1, 0.15) is 5.82 Å². The predicted molar refractivity (Wildman–Crippen MR) is 135 cm³/mol. The van der Waals surface area contributed by atoms with Crippen molar-refractivity contribution in [2.24, 2.45) is 18.9 Å². The van der Waals surface area contributed by atoms with Gasteiger partial charge in [-0.3, -0.25) is 0 Å². The second-order valence-electron chi connectivity index (χ2n) is 10.4. The van der Waals surface area contributed by atoms with Crippen molar-refractivity contribution < 1.29 is 17.5 Å². The molecule has 3 heterocycles. The third kappa shape index (κ3) is 3.79. The van der Waals surface area contributed by atoms with Gasteiger partial charge in [-0.05, 0) is 80.1 Å². The molecule has 4 aromatic rings. The molecule has 0 spiro atoms. The average molecular weight is 525 g/mol. The van der Waals surface area contributed by atoms with Crippen molar-refractivity contribution in [3.8, 4) is 5.69 Å². The number of benzene rings is 2. The van der Waals surface area contributed by atoms with Gasteiger partial charge in [0, 0.05) is 30.9 Å². The third-order valence-electron chi connectivity index (χ3n) is 7.82. The molecule has 3 atom stereocenters. The van der Waals surface area contributed by atoms with E-state index in [0.29, 0.717) is 19.7 Å². The molecule has 0 radical (unpaired) electrons. The maximum Gasteiger partial charge on any atom is 0.264 e. The van der Waals surface area contributed by atoms with E-state index in [2.05, 4.69) is 34.4 Å². The van der Waals surface area contributed by atoms with Crippen molar-refractivity contribution in [3.05, 3.63) is 65.7 Å². The van der Waals surface area contributed by atoms with Crippen molar-refractivity contribution in [3.63, 3.8) is 0 Å². The molecule has 0 amide bonds. The normalized spacial score (nSPS) is 23.7. The molecule has 2 aromatic heterocycles. The van der Waals surface area contributed by atoms with E-state index in [-0.39, 0.29) is 34.2 Å². The van der Waals surface area contributed by atoms with Gasteiger partial charge in [-0.1, -0.05) is 0 Å². The van der Waals surface area contributed by atoms with Gasteiger partial charge >= 0.3 is 0 Å². The standard InChI is InChI=1S/C26H29FN6O3S/c1-16(2)36-14-23-22-13-32(37(34,35)25-12-28-31(4)30-25)15-26(22,23)21-10-18-11-29-33(24(18)9-17(21)3)20-7-5-19(27)6-8-20/h5-12,16,22-23H,13-15H2,1-4H3/t22-,23-,26+/m1/s1. The first-order chi connectivity index (χ1) is 17.6. The highest BCUT2D eigenvalue weighted by Crippen LogP contribution is 2.65. The topological polar surface area (TPSA) is 95.1 Å². The Hall–Kier alpha value is -3.15. The number of ether oxygens (including phenoxy) is 1. The zero-order valence-corrected chi connectivity index (χ0v) is 22.0. The summed E-state index contributed by atoms with van der Waals surface area (Å²) in [5.41, 5.74) is 3.53. The molecule has 0 N–H and O–H groups in total. The third-order valence-corrected chi connectivity index (χ3v) is 9.49. The number of rotatable bonds is 7. The van der Waals surface area contributed by atoms with Gasteiger partial charge in [0.25, 0.3) is 10.0 Å². The SMILES string of the molecule is Cc1cc2c(cnn2-c2ccc(F)cc2)cc1[C@@]12CN(S(=O)(=O)c3cnn(C)n3)C[C@@H]1[C@H]2COC(C)C. The maximum absolute atomic E-state index is 13.5. The molecule has 37 heavy (non-hydrogen) atoms. The van der Waals surface area contributed by atoms with E-state index in [1.54, 1.807) is 34.4 Å². The van der Waals surface area contributed by atoms with Gasteiger partial charge < -0.3 is 4.74 Å². The molecule has 1 saturated carbocycles. The maximum atomic E-state index is 13.5. The van der Waals surface area contributed by atoms with Gasteiger partial charge in [0.2, 0.25) is 5.03 Å². The number of hydrogen-bond acceptors (Lipinski definition) is 6. The summed E-state index contributed by atoms with van der Waals surface area (Å²) in [6, 6.07) is 10.5. The molecule has 2 fully saturated rings. The summed E-state index contributed by atoms with van der Waals surface area (Å²) < 4.78 is 49.6. The summed E-state index contributed by atoms with van der Waals surface area (Å²) in [7, 11) is -2.16. The van der Waals surface area contributed by atoms with E-state index in [0.717, 1.165) is 27.7 Å². The number of piperidine rings is 1. The van der Waals surface area contributed by atoms with Crippen LogP contribution in [0.1, 0.15) is 25.0 Å².